The fraction of sp³-hybridized carbons (Fsp3) is 0.211. The second kappa shape index (κ2) is 8.48. The SMILES string of the molecule is CCCN(C)C(=O)c1ccc(NS(=O)(=O)/C=C/c2ccccc2)cc1. The Balaban J connectivity index is 2.05. The van der Waals surface area contributed by atoms with Crippen molar-refractivity contribution in [2.75, 3.05) is 18.3 Å². The van der Waals surface area contributed by atoms with Crippen molar-refractivity contribution in [3.05, 3.63) is 71.1 Å². The van der Waals surface area contributed by atoms with Crippen LogP contribution in [-0.2, 0) is 10.0 Å². The number of carbonyl (C=O) groups is 1. The Bertz CT molecular complexity index is 829. The Labute approximate surface area is 149 Å². The summed E-state index contributed by atoms with van der Waals surface area (Å²) in [6, 6.07) is 15.6. The van der Waals surface area contributed by atoms with E-state index < -0.39 is 10.0 Å². The number of anilines is 1. The van der Waals surface area contributed by atoms with E-state index in [0.717, 1.165) is 17.4 Å². The molecule has 0 fully saturated rings. The van der Waals surface area contributed by atoms with Crippen LogP contribution in [0.15, 0.2) is 60.0 Å². The van der Waals surface area contributed by atoms with Crippen LogP contribution in [0.3, 0.4) is 0 Å². The van der Waals surface area contributed by atoms with E-state index >= 15 is 0 Å². The molecule has 5 nitrogen and oxygen atoms in total. The lowest BCUT2D eigenvalue weighted by Gasteiger charge is -2.16. The van der Waals surface area contributed by atoms with E-state index in [1.54, 1.807) is 36.2 Å². The van der Waals surface area contributed by atoms with Crippen LogP contribution in [0.4, 0.5) is 5.69 Å². The molecule has 0 saturated heterocycles. The van der Waals surface area contributed by atoms with E-state index in [4.69, 9.17) is 0 Å². The highest BCUT2D eigenvalue weighted by Crippen LogP contribution is 2.14. The zero-order valence-electron chi connectivity index (χ0n) is 14.3. The molecular weight excluding hydrogens is 336 g/mol. The van der Waals surface area contributed by atoms with Crippen LogP contribution in [0.1, 0.15) is 29.3 Å². The summed E-state index contributed by atoms with van der Waals surface area (Å²) in [5.74, 6) is -0.0831. The first-order valence-corrected chi connectivity index (χ1v) is 9.57. The number of nitrogens with one attached hydrogen (secondary N) is 1. The summed E-state index contributed by atoms with van der Waals surface area (Å²) in [7, 11) is -1.87. The standard InChI is InChI=1S/C19H22N2O3S/c1-3-14-21(2)19(22)17-9-11-18(12-10-17)20-25(23,24)15-13-16-7-5-4-6-8-16/h4-13,15,20H,3,14H2,1-2H3/b15-13+. The quantitative estimate of drug-likeness (QED) is 0.823. The molecule has 0 spiro atoms. The first kappa shape index (κ1) is 18.7. The van der Waals surface area contributed by atoms with Gasteiger partial charge in [-0.15, -0.1) is 0 Å². The van der Waals surface area contributed by atoms with E-state index in [2.05, 4.69) is 4.72 Å². The fourth-order valence-corrected chi connectivity index (χ4v) is 3.14. The summed E-state index contributed by atoms with van der Waals surface area (Å²) in [6.45, 7) is 2.68. The van der Waals surface area contributed by atoms with Crippen molar-refractivity contribution in [1.29, 1.82) is 0 Å². The maximum atomic E-state index is 12.2. The highest BCUT2D eigenvalue weighted by molar-refractivity contribution is 7.95. The Morgan fingerprint density at radius 1 is 1.08 bits per heavy atom. The maximum absolute atomic E-state index is 12.2. The third kappa shape index (κ3) is 5.76. The molecule has 0 aliphatic rings. The number of rotatable bonds is 7. The van der Waals surface area contributed by atoms with Gasteiger partial charge in [-0.2, -0.15) is 0 Å². The lowest BCUT2D eigenvalue weighted by atomic mass is 10.2. The predicted molar refractivity (Wildman–Crippen MR) is 102 cm³/mol. The highest BCUT2D eigenvalue weighted by atomic mass is 32.2. The molecule has 132 valence electrons. The Morgan fingerprint density at radius 2 is 1.72 bits per heavy atom. The minimum Gasteiger partial charge on any atom is -0.342 e. The van der Waals surface area contributed by atoms with Gasteiger partial charge in [0.2, 0.25) is 0 Å². The number of sulfonamides is 1. The number of benzene rings is 2. The van der Waals surface area contributed by atoms with Crippen molar-refractivity contribution in [2.45, 2.75) is 13.3 Å². The van der Waals surface area contributed by atoms with E-state index in [1.807, 2.05) is 37.3 Å². The van der Waals surface area contributed by atoms with Gasteiger partial charge < -0.3 is 4.90 Å². The highest BCUT2D eigenvalue weighted by Gasteiger charge is 2.11. The average molecular weight is 358 g/mol. The lowest BCUT2D eigenvalue weighted by Crippen LogP contribution is -2.27. The average Bonchev–Trinajstić information content (AvgIpc) is 2.61. The minimum atomic E-state index is -3.62. The topological polar surface area (TPSA) is 66.5 Å². The number of hydrogen-bond donors (Lipinski definition) is 1. The van der Waals surface area contributed by atoms with Crippen molar-refractivity contribution < 1.29 is 13.2 Å². The number of carbonyl (C=O) groups excluding carboxylic acids is 1. The minimum absolute atomic E-state index is 0.0831. The summed E-state index contributed by atoms with van der Waals surface area (Å²) in [6.07, 6.45) is 2.41. The number of nitrogens with zero attached hydrogens (tertiary/aromatic N) is 1. The summed E-state index contributed by atoms with van der Waals surface area (Å²) in [5, 5.41) is 1.12. The van der Waals surface area contributed by atoms with Crippen LogP contribution >= 0.6 is 0 Å². The Hall–Kier alpha value is -2.60. The summed E-state index contributed by atoms with van der Waals surface area (Å²) in [4.78, 5) is 13.8. The molecule has 0 heterocycles. The number of amides is 1. The zero-order chi connectivity index (χ0) is 18.3. The second-order valence-electron chi connectivity index (χ2n) is 5.66. The number of hydrogen-bond acceptors (Lipinski definition) is 3. The molecule has 2 rings (SSSR count). The lowest BCUT2D eigenvalue weighted by molar-refractivity contribution is 0.0795. The van der Waals surface area contributed by atoms with Gasteiger partial charge in [0.25, 0.3) is 15.9 Å². The van der Waals surface area contributed by atoms with Gasteiger partial charge in [0, 0.05) is 24.8 Å². The van der Waals surface area contributed by atoms with Crippen molar-refractivity contribution in [3.8, 4) is 0 Å². The van der Waals surface area contributed by atoms with Crippen LogP contribution < -0.4 is 4.72 Å². The van der Waals surface area contributed by atoms with Gasteiger partial charge in [0.15, 0.2) is 0 Å². The molecule has 0 saturated carbocycles. The Morgan fingerprint density at radius 3 is 2.32 bits per heavy atom. The molecule has 6 heteroatoms. The van der Waals surface area contributed by atoms with Crippen LogP contribution in [0.5, 0.6) is 0 Å². The molecule has 2 aromatic rings. The molecule has 0 aliphatic heterocycles. The van der Waals surface area contributed by atoms with Crippen LogP contribution in [-0.4, -0.2) is 32.8 Å². The van der Waals surface area contributed by atoms with E-state index in [9.17, 15) is 13.2 Å². The molecule has 0 radical (unpaired) electrons. The first-order chi connectivity index (χ1) is 11.9. The van der Waals surface area contributed by atoms with Crippen molar-refractivity contribution in [3.63, 3.8) is 0 Å². The summed E-state index contributed by atoms with van der Waals surface area (Å²) < 4.78 is 26.7. The normalized spacial score (nSPS) is 11.4. The monoisotopic (exact) mass is 358 g/mol. The van der Waals surface area contributed by atoms with Crippen molar-refractivity contribution in [2.24, 2.45) is 0 Å². The van der Waals surface area contributed by atoms with Gasteiger partial charge >= 0.3 is 0 Å². The van der Waals surface area contributed by atoms with E-state index in [1.165, 1.54) is 6.08 Å². The molecular formula is C19H22N2O3S. The largest absolute Gasteiger partial charge is 0.342 e. The van der Waals surface area contributed by atoms with Crippen LogP contribution in [0, 0.1) is 0 Å². The summed E-state index contributed by atoms with van der Waals surface area (Å²) >= 11 is 0. The molecule has 0 aromatic heterocycles. The third-order valence-corrected chi connectivity index (χ3v) is 4.55. The van der Waals surface area contributed by atoms with Crippen LogP contribution in [0.2, 0.25) is 0 Å². The fourth-order valence-electron chi connectivity index (χ4n) is 2.27. The molecule has 0 atom stereocenters. The molecule has 0 aliphatic carbocycles. The van der Waals surface area contributed by atoms with Gasteiger partial charge in [0.1, 0.15) is 0 Å². The van der Waals surface area contributed by atoms with Gasteiger partial charge in [-0.1, -0.05) is 37.3 Å². The van der Waals surface area contributed by atoms with E-state index in [0.29, 0.717) is 17.8 Å². The van der Waals surface area contributed by atoms with Crippen LogP contribution in [0.25, 0.3) is 6.08 Å². The first-order valence-electron chi connectivity index (χ1n) is 8.03. The predicted octanol–water partition coefficient (Wildman–Crippen LogP) is 3.58. The zero-order valence-corrected chi connectivity index (χ0v) is 15.2. The van der Waals surface area contributed by atoms with Gasteiger partial charge in [-0.25, -0.2) is 8.42 Å². The molecule has 25 heavy (non-hydrogen) atoms. The van der Waals surface area contributed by atoms with Crippen molar-refractivity contribution in [1.82, 2.24) is 4.90 Å². The maximum Gasteiger partial charge on any atom is 0.255 e. The van der Waals surface area contributed by atoms with Crippen molar-refractivity contribution >= 4 is 27.7 Å². The molecule has 1 amide bonds. The second-order valence-corrected chi connectivity index (χ2v) is 7.23. The molecule has 0 unspecified atom stereocenters. The third-order valence-electron chi connectivity index (χ3n) is 3.54. The molecule has 1 N–H and O–H groups in total. The Kier molecular flexibility index (Phi) is 6.36. The van der Waals surface area contributed by atoms with Gasteiger partial charge in [-0.3, -0.25) is 9.52 Å². The van der Waals surface area contributed by atoms with Gasteiger partial charge in [0.05, 0.1) is 5.41 Å². The molecule has 2 aromatic carbocycles. The van der Waals surface area contributed by atoms with Gasteiger partial charge in [-0.05, 0) is 42.3 Å². The summed E-state index contributed by atoms with van der Waals surface area (Å²) in [5.41, 5.74) is 1.74. The van der Waals surface area contributed by atoms with E-state index in [-0.39, 0.29) is 5.91 Å². The smallest absolute Gasteiger partial charge is 0.255 e. The molecule has 0 bridgehead atoms.